The van der Waals surface area contributed by atoms with Crippen molar-refractivity contribution < 1.29 is 4.92 Å². The smallest absolute Gasteiger partial charge is 0.290 e. The molecule has 1 unspecified atom stereocenters. The summed E-state index contributed by atoms with van der Waals surface area (Å²) in [6.45, 7) is 3.54. The Balaban J connectivity index is 2.82. The van der Waals surface area contributed by atoms with Crippen LogP contribution >= 0.6 is 0 Å². The third-order valence-electron chi connectivity index (χ3n) is 2.07. The van der Waals surface area contributed by atoms with E-state index in [4.69, 9.17) is 6.42 Å². The van der Waals surface area contributed by atoms with Gasteiger partial charge in [0.25, 0.3) is 5.69 Å². The van der Waals surface area contributed by atoms with Crippen LogP contribution in [-0.4, -0.2) is 15.9 Å². The normalized spacial score (nSPS) is 11.6. The maximum Gasteiger partial charge on any atom is 0.290 e. The summed E-state index contributed by atoms with van der Waals surface area (Å²) in [5.74, 6) is 3.14. The lowest BCUT2D eigenvalue weighted by atomic mass is 10.2. The van der Waals surface area contributed by atoms with E-state index in [9.17, 15) is 10.1 Å². The first-order valence-electron chi connectivity index (χ1n) is 4.86. The topological polar surface area (TPSA) is 68.1 Å². The van der Waals surface area contributed by atoms with Gasteiger partial charge in [0, 0.05) is 18.5 Å². The van der Waals surface area contributed by atoms with Crippen LogP contribution < -0.4 is 5.32 Å². The van der Waals surface area contributed by atoms with Gasteiger partial charge in [-0.2, -0.15) is 0 Å². The van der Waals surface area contributed by atoms with Crippen molar-refractivity contribution in [1.29, 1.82) is 0 Å². The second-order valence-corrected chi connectivity index (χ2v) is 3.51. The van der Waals surface area contributed by atoms with Crippen LogP contribution in [0.4, 0.5) is 11.5 Å². The summed E-state index contributed by atoms with van der Waals surface area (Å²) in [6, 6.07) is 3.11. The molecule has 0 aromatic carbocycles. The van der Waals surface area contributed by atoms with Crippen LogP contribution in [0.1, 0.15) is 19.0 Å². The van der Waals surface area contributed by atoms with E-state index in [0.29, 0.717) is 17.9 Å². The average molecular weight is 219 g/mol. The molecule has 0 aliphatic carbocycles. The summed E-state index contributed by atoms with van der Waals surface area (Å²) in [5, 5.41) is 13.6. The summed E-state index contributed by atoms with van der Waals surface area (Å²) in [5.41, 5.74) is 0.415. The number of nitrogens with zero attached hydrogens (tertiary/aromatic N) is 2. The summed E-state index contributed by atoms with van der Waals surface area (Å²) < 4.78 is 0. The molecule has 0 bridgehead atoms. The van der Waals surface area contributed by atoms with Gasteiger partial charge in [0.05, 0.1) is 4.92 Å². The maximum atomic E-state index is 10.6. The molecule has 0 radical (unpaired) electrons. The Morgan fingerprint density at radius 1 is 1.69 bits per heavy atom. The van der Waals surface area contributed by atoms with Gasteiger partial charge in [0.15, 0.2) is 0 Å². The third-order valence-corrected chi connectivity index (χ3v) is 2.07. The van der Waals surface area contributed by atoms with Gasteiger partial charge in [-0.15, -0.1) is 12.3 Å². The lowest BCUT2D eigenvalue weighted by molar-refractivity contribution is -0.385. The van der Waals surface area contributed by atoms with E-state index in [2.05, 4.69) is 16.2 Å². The van der Waals surface area contributed by atoms with Gasteiger partial charge in [0.1, 0.15) is 11.5 Å². The number of hydrogen-bond donors (Lipinski definition) is 1. The van der Waals surface area contributed by atoms with Gasteiger partial charge in [0.2, 0.25) is 0 Å². The van der Waals surface area contributed by atoms with Crippen LogP contribution in [0.15, 0.2) is 12.1 Å². The second kappa shape index (κ2) is 5.12. The predicted molar refractivity (Wildman–Crippen MR) is 62.2 cm³/mol. The molecule has 1 atom stereocenters. The first kappa shape index (κ1) is 12.0. The largest absolute Gasteiger partial charge is 0.367 e. The Kier molecular flexibility index (Phi) is 3.84. The van der Waals surface area contributed by atoms with Gasteiger partial charge >= 0.3 is 0 Å². The van der Waals surface area contributed by atoms with Crippen LogP contribution in [0, 0.1) is 29.4 Å². The van der Waals surface area contributed by atoms with Crippen molar-refractivity contribution in [2.45, 2.75) is 26.3 Å². The highest BCUT2D eigenvalue weighted by molar-refractivity contribution is 5.45. The molecule has 84 valence electrons. The number of aryl methyl sites for hydroxylation is 1. The monoisotopic (exact) mass is 219 g/mol. The zero-order chi connectivity index (χ0) is 12.1. The van der Waals surface area contributed by atoms with E-state index in [1.54, 1.807) is 13.0 Å². The highest BCUT2D eigenvalue weighted by Crippen LogP contribution is 2.18. The Morgan fingerprint density at radius 3 is 2.88 bits per heavy atom. The molecule has 1 aromatic rings. The number of nitrogens with one attached hydrogen (secondary N) is 1. The molecule has 16 heavy (non-hydrogen) atoms. The van der Waals surface area contributed by atoms with Crippen LogP contribution in [0.25, 0.3) is 0 Å². The molecule has 0 saturated heterocycles. The molecule has 1 N–H and O–H groups in total. The summed E-state index contributed by atoms with van der Waals surface area (Å²) >= 11 is 0. The molecule has 1 heterocycles. The minimum absolute atomic E-state index is 0.0233. The quantitative estimate of drug-likeness (QED) is 0.478. The van der Waals surface area contributed by atoms with E-state index in [1.807, 2.05) is 6.92 Å². The molecular weight excluding hydrogens is 206 g/mol. The van der Waals surface area contributed by atoms with Gasteiger partial charge in [-0.05, 0) is 19.9 Å². The van der Waals surface area contributed by atoms with Gasteiger partial charge in [-0.25, -0.2) is 4.98 Å². The highest BCUT2D eigenvalue weighted by atomic mass is 16.6. The zero-order valence-electron chi connectivity index (χ0n) is 9.23. The molecule has 0 aliphatic heterocycles. The van der Waals surface area contributed by atoms with E-state index in [1.165, 1.54) is 6.07 Å². The molecule has 0 spiro atoms. The number of anilines is 1. The minimum atomic E-state index is -0.447. The van der Waals surface area contributed by atoms with Crippen molar-refractivity contribution in [3.8, 4) is 12.3 Å². The van der Waals surface area contributed by atoms with Crippen molar-refractivity contribution in [2.75, 3.05) is 5.32 Å². The summed E-state index contributed by atoms with van der Waals surface area (Å²) in [4.78, 5) is 14.2. The molecule has 0 aliphatic rings. The SMILES string of the molecule is C#CCC(C)Nc1ccc([N+](=O)[O-])c(C)n1. The van der Waals surface area contributed by atoms with Crippen molar-refractivity contribution in [2.24, 2.45) is 0 Å². The Hall–Kier alpha value is -2.09. The Labute approximate surface area is 94.0 Å². The van der Waals surface area contributed by atoms with Crippen LogP contribution in [0.2, 0.25) is 0 Å². The van der Waals surface area contributed by atoms with E-state index in [-0.39, 0.29) is 11.7 Å². The number of aromatic nitrogens is 1. The molecule has 0 saturated carbocycles. The number of terminal acetylenes is 1. The van der Waals surface area contributed by atoms with Gasteiger partial charge < -0.3 is 5.32 Å². The van der Waals surface area contributed by atoms with Crippen molar-refractivity contribution in [3.63, 3.8) is 0 Å². The van der Waals surface area contributed by atoms with Gasteiger partial charge in [-0.1, -0.05) is 0 Å². The van der Waals surface area contributed by atoms with Crippen molar-refractivity contribution in [1.82, 2.24) is 4.98 Å². The van der Waals surface area contributed by atoms with Gasteiger partial charge in [-0.3, -0.25) is 10.1 Å². The Bertz CT molecular complexity index is 437. The second-order valence-electron chi connectivity index (χ2n) is 3.51. The van der Waals surface area contributed by atoms with E-state index in [0.717, 1.165) is 0 Å². The third kappa shape index (κ3) is 2.95. The van der Waals surface area contributed by atoms with Crippen LogP contribution in [0.3, 0.4) is 0 Å². The summed E-state index contributed by atoms with van der Waals surface area (Å²) in [7, 11) is 0. The fourth-order valence-corrected chi connectivity index (χ4v) is 1.31. The number of nitro groups is 1. The molecule has 5 nitrogen and oxygen atoms in total. The standard InChI is InChI=1S/C11H13N3O2/c1-4-5-8(2)12-11-7-6-10(14(15)16)9(3)13-11/h1,6-8H,5H2,2-3H3,(H,12,13). The molecule has 1 aromatic heterocycles. The van der Waals surface area contributed by atoms with Crippen molar-refractivity contribution >= 4 is 11.5 Å². The first-order valence-corrected chi connectivity index (χ1v) is 4.86. The summed E-state index contributed by atoms with van der Waals surface area (Å²) in [6.07, 6.45) is 5.76. The minimum Gasteiger partial charge on any atom is -0.367 e. The maximum absolute atomic E-state index is 10.6. The number of rotatable bonds is 4. The fourth-order valence-electron chi connectivity index (χ4n) is 1.31. The zero-order valence-corrected chi connectivity index (χ0v) is 9.23. The first-order chi connectivity index (χ1) is 7.54. The number of hydrogen-bond acceptors (Lipinski definition) is 4. The fraction of sp³-hybridized carbons (Fsp3) is 0.364. The van der Waals surface area contributed by atoms with Crippen LogP contribution in [-0.2, 0) is 0 Å². The van der Waals surface area contributed by atoms with Crippen molar-refractivity contribution in [3.05, 3.63) is 27.9 Å². The predicted octanol–water partition coefficient (Wildman–Crippen LogP) is 2.12. The van der Waals surface area contributed by atoms with E-state index >= 15 is 0 Å². The molecule has 5 heteroatoms. The molecule has 0 amide bonds. The number of pyridine rings is 1. The molecular formula is C11H13N3O2. The lowest BCUT2D eigenvalue weighted by Gasteiger charge is -2.11. The van der Waals surface area contributed by atoms with Crippen LogP contribution in [0.5, 0.6) is 0 Å². The average Bonchev–Trinajstić information content (AvgIpc) is 2.17. The van der Waals surface area contributed by atoms with E-state index < -0.39 is 4.92 Å². The highest BCUT2D eigenvalue weighted by Gasteiger charge is 2.12. The molecule has 0 fully saturated rings. The Morgan fingerprint density at radius 2 is 2.38 bits per heavy atom. The lowest BCUT2D eigenvalue weighted by Crippen LogP contribution is -2.15. The molecule has 1 rings (SSSR count).